The summed E-state index contributed by atoms with van der Waals surface area (Å²) >= 11 is 0. The SMILES string of the molecule is COCCOc1ccc(C(C)C)c2cn(C)nc12. The van der Waals surface area contributed by atoms with Crippen molar-refractivity contribution in [2.24, 2.45) is 7.05 Å². The zero-order chi connectivity index (χ0) is 13.1. The Bertz CT molecular complexity index is 532. The van der Waals surface area contributed by atoms with E-state index in [9.17, 15) is 0 Å². The van der Waals surface area contributed by atoms with E-state index in [1.807, 2.05) is 24.0 Å². The second-order valence-electron chi connectivity index (χ2n) is 4.71. The molecule has 0 N–H and O–H groups in total. The lowest BCUT2D eigenvalue weighted by molar-refractivity contribution is 0.147. The zero-order valence-corrected chi connectivity index (χ0v) is 11.4. The van der Waals surface area contributed by atoms with Crippen molar-refractivity contribution in [3.8, 4) is 5.75 Å². The van der Waals surface area contributed by atoms with Crippen LogP contribution >= 0.6 is 0 Å². The first kappa shape index (κ1) is 12.9. The largest absolute Gasteiger partial charge is 0.489 e. The van der Waals surface area contributed by atoms with Crippen LogP contribution in [0.5, 0.6) is 5.75 Å². The van der Waals surface area contributed by atoms with Crippen molar-refractivity contribution in [3.63, 3.8) is 0 Å². The molecule has 2 rings (SSSR count). The van der Waals surface area contributed by atoms with Gasteiger partial charge >= 0.3 is 0 Å². The number of ether oxygens (including phenoxy) is 2. The minimum absolute atomic E-state index is 0.477. The summed E-state index contributed by atoms with van der Waals surface area (Å²) in [6.45, 7) is 5.50. The van der Waals surface area contributed by atoms with Gasteiger partial charge in [0.25, 0.3) is 0 Å². The molecule has 1 heterocycles. The van der Waals surface area contributed by atoms with Gasteiger partial charge in [-0.05, 0) is 17.5 Å². The van der Waals surface area contributed by atoms with Crippen LogP contribution < -0.4 is 4.74 Å². The van der Waals surface area contributed by atoms with Gasteiger partial charge in [0, 0.05) is 25.7 Å². The summed E-state index contributed by atoms with van der Waals surface area (Å²) in [7, 11) is 3.60. The third kappa shape index (κ3) is 2.48. The molecule has 18 heavy (non-hydrogen) atoms. The van der Waals surface area contributed by atoms with Gasteiger partial charge in [0.15, 0.2) is 0 Å². The average Bonchev–Trinajstić information content (AvgIpc) is 2.70. The van der Waals surface area contributed by atoms with E-state index in [1.54, 1.807) is 7.11 Å². The summed E-state index contributed by atoms with van der Waals surface area (Å²) in [5.41, 5.74) is 2.23. The first-order valence-electron chi connectivity index (χ1n) is 6.21. The van der Waals surface area contributed by atoms with E-state index in [0.29, 0.717) is 19.1 Å². The maximum Gasteiger partial charge on any atom is 0.147 e. The van der Waals surface area contributed by atoms with E-state index >= 15 is 0 Å². The van der Waals surface area contributed by atoms with E-state index in [-0.39, 0.29) is 0 Å². The third-order valence-corrected chi connectivity index (χ3v) is 2.95. The summed E-state index contributed by atoms with van der Waals surface area (Å²) in [5, 5.41) is 5.65. The van der Waals surface area contributed by atoms with E-state index < -0.39 is 0 Å². The molecule has 0 unspecified atom stereocenters. The molecule has 1 aromatic heterocycles. The van der Waals surface area contributed by atoms with Crippen LogP contribution in [0.1, 0.15) is 25.3 Å². The van der Waals surface area contributed by atoms with Crippen molar-refractivity contribution in [2.75, 3.05) is 20.3 Å². The molecule has 0 atom stereocenters. The molecule has 0 saturated heterocycles. The highest BCUT2D eigenvalue weighted by molar-refractivity contribution is 5.87. The molecule has 0 radical (unpaired) electrons. The van der Waals surface area contributed by atoms with Crippen molar-refractivity contribution in [1.29, 1.82) is 0 Å². The van der Waals surface area contributed by atoms with Crippen molar-refractivity contribution < 1.29 is 9.47 Å². The molecule has 0 aliphatic heterocycles. The number of hydrogen-bond acceptors (Lipinski definition) is 3. The molecule has 0 aliphatic carbocycles. The molecule has 98 valence electrons. The number of hydrogen-bond donors (Lipinski definition) is 0. The number of benzene rings is 1. The van der Waals surface area contributed by atoms with Crippen LogP contribution in [0, 0.1) is 0 Å². The number of rotatable bonds is 5. The second-order valence-corrected chi connectivity index (χ2v) is 4.71. The van der Waals surface area contributed by atoms with E-state index in [4.69, 9.17) is 9.47 Å². The van der Waals surface area contributed by atoms with Gasteiger partial charge in [-0.1, -0.05) is 19.9 Å². The third-order valence-electron chi connectivity index (χ3n) is 2.95. The summed E-state index contributed by atoms with van der Waals surface area (Å²) < 4.78 is 12.5. The smallest absolute Gasteiger partial charge is 0.147 e. The van der Waals surface area contributed by atoms with Gasteiger partial charge in [0.05, 0.1) is 6.61 Å². The fourth-order valence-corrected chi connectivity index (χ4v) is 2.07. The van der Waals surface area contributed by atoms with Gasteiger partial charge in [-0.15, -0.1) is 0 Å². The Morgan fingerprint density at radius 1 is 1.28 bits per heavy atom. The lowest BCUT2D eigenvalue weighted by Crippen LogP contribution is -2.05. The van der Waals surface area contributed by atoms with Crippen molar-refractivity contribution >= 4 is 10.9 Å². The van der Waals surface area contributed by atoms with Crippen molar-refractivity contribution in [2.45, 2.75) is 19.8 Å². The molecule has 0 bridgehead atoms. The predicted molar refractivity (Wildman–Crippen MR) is 72.2 cm³/mol. The Balaban J connectivity index is 2.40. The van der Waals surface area contributed by atoms with Gasteiger partial charge in [0.1, 0.15) is 17.9 Å². The lowest BCUT2D eigenvalue weighted by Gasteiger charge is -2.10. The zero-order valence-electron chi connectivity index (χ0n) is 11.4. The fourth-order valence-electron chi connectivity index (χ4n) is 2.07. The normalized spacial score (nSPS) is 11.4. The Kier molecular flexibility index (Phi) is 3.87. The molecule has 0 aliphatic rings. The van der Waals surface area contributed by atoms with Crippen LogP contribution in [0.25, 0.3) is 10.9 Å². The molecule has 4 heteroatoms. The molecular weight excluding hydrogens is 228 g/mol. The Morgan fingerprint density at radius 3 is 2.72 bits per heavy atom. The van der Waals surface area contributed by atoms with Crippen LogP contribution in [-0.4, -0.2) is 30.1 Å². The van der Waals surface area contributed by atoms with Gasteiger partial charge in [0.2, 0.25) is 0 Å². The molecule has 0 saturated carbocycles. The van der Waals surface area contributed by atoms with Crippen molar-refractivity contribution in [1.82, 2.24) is 9.78 Å². The van der Waals surface area contributed by atoms with Gasteiger partial charge < -0.3 is 9.47 Å². The number of methoxy groups -OCH3 is 1. The average molecular weight is 248 g/mol. The summed E-state index contributed by atoms with van der Waals surface area (Å²) in [4.78, 5) is 0. The van der Waals surface area contributed by atoms with E-state index in [2.05, 4.69) is 25.0 Å². The quantitative estimate of drug-likeness (QED) is 0.763. The minimum atomic E-state index is 0.477. The fraction of sp³-hybridized carbons (Fsp3) is 0.500. The molecule has 2 aromatic rings. The first-order valence-corrected chi connectivity index (χ1v) is 6.21. The van der Waals surface area contributed by atoms with Gasteiger partial charge in [-0.25, -0.2) is 0 Å². The lowest BCUT2D eigenvalue weighted by atomic mass is 9.99. The topological polar surface area (TPSA) is 36.3 Å². The van der Waals surface area contributed by atoms with Gasteiger partial charge in [-0.3, -0.25) is 4.68 Å². The Morgan fingerprint density at radius 2 is 2.06 bits per heavy atom. The van der Waals surface area contributed by atoms with Crippen LogP contribution in [0.15, 0.2) is 18.3 Å². The summed E-state index contributed by atoms with van der Waals surface area (Å²) in [5.74, 6) is 1.30. The molecule has 4 nitrogen and oxygen atoms in total. The molecular formula is C14H20N2O2. The number of nitrogens with zero attached hydrogens (tertiary/aromatic N) is 2. The second kappa shape index (κ2) is 5.40. The Labute approximate surface area is 108 Å². The van der Waals surface area contributed by atoms with E-state index in [0.717, 1.165) is 11.3 Å². The van der Waals surface area contributed by atoms with E-state index in [1.165, 1.54) is 10.9 Å². The maximum atomic E-state index is 5.71. The monoisotopic (exact) mass is 248 g/mol. The summed E-state index contributed by atoms with van der Waals surface area (Å²) in [6, 6.07) is 4.12. The highest BCUT2D eigenvalue weighted by atomic mass is 16.5. The molecule has 1 aromatic carbocycles. The number of aryl methyl sites for hydroxylation is 1. The summed E-state index contributed by atoms with van der Waals surface area (Å²) in [6.07, 6.45) is 2.05. The minimum Gasteiger partial charge on any atom is -0.489 e. The maximum absolute atomic E-state index is 5.71. The van der Waals surface area contributed by atoms with Crippen LogP contribution in [0.3, 0.4) is 0 Å². The van der Waals surface area contributed by atoms with Gasteiger partial charge in [-0.2, -0.15) is 5.10 Å². The number of aromatic nitrogens is 2. The van der Waals surface area contributed by atoms with Crippen LogP contribution in [-0.2, 0) is 11.8 Å². The molecule has 0 fully saturated rings. The van der Waals surface area contributed by atoms with Crippen LogP contribution in [0.4, 0.5) is 0 Å². The van der Waals surface area contributed by atoms with Crippen molar-refractivity contribution in [3.05, 3.63) is 23.9 Å². The molecule has 0 amide bonds. The Hall–Kier alpha value is -1.55. The highest BCUT2D eigenvalue weighted by Crippen LogP contribution is 2.31. The predicted octanol–water partition coefficient (Wildman–Crippen LogP) is 2.72. The standard InChI is InChI=1S/C14H20N2O2/c1-10(2)11-5-6-13(18-8-7-17-4)14-12(11)9-16(3)15-14/h5-6,9-10H,7-8H2,1-4H3. The number of fused-ring (bicyclic) bond motifs is 1. The van der Waals surface area contributed by atoms with Crippen LogP contribution in [0.2, 0.25) is 0 Å². The molecule has 0 spiro atoms. The highest BCUT2D eigenvalue weighted by Gasteiger charge is 2.12. The first-order chi connectivity index (χ1) is 8.63.